The summed E-state index contributed by atoms with van der Waals surface area (Å²) in [7, 11) is 1.96. The quantitative estimate of drug-likeness (QED) is 0.741. The number of imidazole rings is 1. The van der Waals surface area contributed by atoms with Gasteiger partial charge in [-0.3, -0.25) is 4.40 Å². The first-order chi connectivity index (χ1) is 9.67. The van der Waals surface area contributed by atoms with E-state index in [0.717, 1.165) is 26.6 Å². The number of nitrogens with zero attached hydrogens (tertiary/aromatic N) is 2. The third-order valence-electron chi connectivity index (χ3n) is 3.24. The molecule has 2 heterocycles. The number of nitrogens with one attached hydrogen (secondary N) is 1. The fraction of sp³-hybridized carbons (Fsp3) is 0.214. The molecule has 20 heavy (non-hydrogen) atoms. The van der Waals surface area contributed by atoms with Crippen LogP contribution >= 0.6 is 38.9 Å². The van der Waals surface area contributed by atoms with Crippen LogP contribution in [0, 0.1) is 0 Å². The van der Waals surface area contributed by atoms with Crippen LogP contribution in [0.2, 0.25) is 5.02 Å². The number of rotatable bonds is 4. The first kappa shape index (κ1) is 14.1. The summed E-state index contributed by atoms with van der Waals surface area (Å²) >= 11 is 11.2. The van der Waals surface area contributed by atoms with Gasteiger partial charge in [0, 0.05) is 39.7 Å². The highest BCUT2D eigenvalue weighted by Gasteiger charge is 2.15. The zero-order chi connectivity index (χ0) is 14.1. The molecule has 0 saturated carbocycles. The molecule has 0 aliphatic rings. The topological polar surface area (TPSA) is 29.3 Å². The highest BCUT2D eigenvalue weighted by molar-refractivity contribution is 9.10. The van der Waals surface area contributed by atoms with E-state index in [1.165, 1.54) is 5.56 Å². The summed E-state index contributed by atoms with van der Waals surface area (Å²) < 4.78 is 3.08. The Hall–Kier alpha value is -0.880. The van der Waals surface area contributed by atoms with E-state index in [2.05, 4.69) is 36.8 Å². The molecule has 3 rings (SSSR count). The van der Waals surface area contributed by atoms with Gasteiger partial charge in [-0.1, -0.05) is 33.6 Å². The van der Waals surface area contributed by atoms with Gasteiger partial charge in [0.2, 0.25) is 0 Å². The van der Waals surface area contributed by atoms with Crippen molar-refractivity contribution < 1.29 is 0 Å². The average molecular weight is 371 g/mol. The van der Waals surface area contributed by atoms with E-state index < -0.39 is 0 Å². The van der Waals surface area contributed by atoms with E-state index in [-0.39, 0.29) is 6.04 Å². The molecule has 0 saturated heterocycles. The van der Waals surface area contributed by atoms with Crippen molar-refractivity contribution in [2.24, 2.45) is 0 Å². The first-order valence-corrected chi connectivity index (χ1v) is 8.25. The van der Waals surface area contributed by atoms with Gasteiger partial charge in [-0.15, -0.1) is 11.3 Å². The standard InChI is InChI=1S/C14H13BrClN3S/c1-17-13(11-3-2-9(16)6-12(11)15)7-10-8-19-4-5-20-14(19)18-10/h2-6,8,13,17H,7H2,1H3. The van der Waals surface area contributed by atoms with E-state index in [0.29, 0.717) is 0 Å². The lowest BCUT2D eigenvalue weighted by Crippen LogP contribution is -2.19. The van der Waals surface area contributed by atoms with E-state index in [1.807, 2.05) is 36.8 Å². The summed E-state index contributed by atoms with van der Waals surface area (Å²) in [5, 5.41) is 6.12. The Labute approximate surface area is 134 Å². The lowest BCUT2D eigenvalue weighted by Gasteiger charge is -2.17. The van der Waals surface area contributed by atoms with Crippen LogP contribution in [0.4, 0.5) is 0 Å². The summed E-state index contributed by atoms with van der Waals surface area (Å²) in [5.74, 6) is 0. The average Bonchev–Trinajstić information content (AvgIpc) is 2.97. The van der Waals surface area contributed by atoms with Gasteiger partial charge in [-0.05, 0) is 24.7 Å². The molecule has 0 bridgehead atoms. The van der Waals surface area contributed by atoms with Gasteiger partial charge >= 0.3 is 0 Å². The predicted molar refractivity (Wildman–Crippen MR) is 87.7 cm³/mol. The number of halogens is 2. The van der Waals surface area contributed by atoms with Gasteiger partial charge in [0.25, 0.3) is 0 Å². The van der Waals surface area contributed by atoms with Crippen LogP contribution in [-0.2, 0) is 6.42 Å². The van der Waals surface area contributed by atoms with Crippen LogP contribution in [-0.4, -0.2) is 16.4 Å². The Morgan fingerprint density at radius 3 is 3.05 bits per heavy atom. The Balaban J connectivity index is 1.88. The minimum atomic E-state index is 0.200. The van der Waals surface area contributed by atoms with Crippen molar-refractivity contribution in [3.63, 3.8) is 0 Å². The Kier molecular flexibility index (Phi) is 4.12. The molecule has 3 aromatic rings. The predicted octanol–water partition coefficient (Wildman–Crippen LogP) is 4.31. The van der Waals surface area contributed by atoms with Crippen molar-refractivity contribution in [3.05, 3.63) is 56.7 Å². The van der Waals surface area contributed by atoms with E-state index >= 15 is 0 Å². The zero-order valence-corrected chi connectivity index (χ0v) is 14.0. The lowest BCUT2D eigenvalue weighted by atomic mass is 10.0. The Morgan fingerprint density at radius 2 is 2.35 bits per heavy atom. The molecule has 0 aliphatic heterocycles. The minimum Gasteiger partial charge on any atom is -0.313 e. The second kappa shape index (κ2) is 5.85. The molecule has 6 heteroatoms. The van der Waals surface area contributed by atoms with E-state index in [9.17, 15) is 0 Å². The maximum Gasteiger partial charge on any atom is 0.193 e. The van der Waals surface area contributed by atoms with Gasteiger partial charge < -0.3 is 5.32 Å². The van der Waals surface area contributed by atoms with E-state index in [1.54, 1.807) is 11.3 Å². The monoisotopic (exact) mass is 369 g/mol. The molecular formula is C14H13BrClN3S. The number of hydrogen-bond acceptors (Lipinski definition) is 3. The van der Waals surface area contributed by atoms with Gasteiger partial charge in [0.05, 0.1) is 5.69 Å². The third kappa shape index (κ3) is 2.76. The fourth-order valence-electron chi connectivity index (χ4n) is 2.24. The number of thiazole rings is 1. The van der Waals surface area contributed by atoms with Crippen molar-refractivity contribution >= 4 is 43.8 Å². The largest absolute Gasteiger partial charge is 0.313 e. The van der Waals surface area contributed by atoms with Gasteiger partial charge in [0.1, 0.15) is 0 Å². The van der Waals surface area contributed by atoms with Crippen molar-refractivity contribution in [1.82, 2.24) is 14.7 Å². The number of hydrogen-bond donors (Lipinski definition) is 1. The van der Waals surface area contributed by atoms with Gasteiger partial charge in [0.15, 0.2) is 4.96 Å². The number of benzene rings is 1. The molecule has 104 valence electrons. The third-order valence-corrected chi connectivity index (χ3v) is 4.94. The molecule has 0 aliphatic carbocycles. The second-order valence-corrected chi connectivity index (χ2v) is 6.70. The molecule has 0 fully saturated rings. The Bertz CT molecular complexity index is 708. The summed E-state index contributed by atoms with van der Waals surface area (Å²) in [6.45, 7) is 0. The van der Waals surface area contributed by atoms with Crippen LogP contribution < -0.4 is 5.32 Å². The molecular weight excluding hydrogens is 358 g/mol. The highest BCUT2D eigenvalue weighted by Crippen LogP contribution is 2.28. The van der Waals surface area contributed by atoms with Crippen LogP contribution in [0.3, 0.4) is 0 Å². The van der Waals surface area contributed by atoms with E-state index in [4.69, 9.17) is 11.6 Å². The smallest absolute Gasteiger partial charge is 0.193 e. The molecule has 0 spiro atoms. The second-order valence-electron chi connectivity index (χ2n) is 4.54. The highest BCUT2D eigenvalue weighted by atomic mass is 79.9. The summed E-state index contributed by atoms with van der Waals surface area (Å²) in [5.41, 5.74) is 2.27. The van der Waals surface area contributed by atoms with Crippen LogP contribution in [0.5, 0.6) is 0 Å². The molecule has 0 radical (unpaired) electrons. The molecule has 2 aromatic heterocycles. The molecule has 1 atom stereocenters. The normalized spacial score (nSPS) is 12.9. The van der Waals surface area contributed by atoms with Crippen LogP contribution in [0.1, 0.15) is 17.3 Å². The maximum atomic E-state index is 6.00. The summed E-state index contributed by atoms with van der Waals surface area (Å²) in [6, 6.07) is 6.09. The van der Waals surface area contributed by atoms with Crippen LogP contribution in [0.15, 0.2) is 40.4 Å². The van der Waals surface area contributed by atoms with Crippen molar-refractivity contribution in [1.29, 1.82) is 0 Å². The van der Waals surface area contributed by atoms with Gasteiger partial charge in [-0.25, -0.2) is 4.98 Å². The van der Waals surface area contributed by atoms with Gasteiger partial charge in [-0.2, -0.15) is 0 Å². The van der Waals surface area contributed by atoms with Crippen molar-refractivity contribution in [2.75, 3.05) is 7.05 Å². The fourth-order valence-corrected chi connectivity index (χ4v) is 3.91. The first-order valence-electron chi connectivity index (χ1n) is 6.20. The Morgan fingerprint density at radius 1 is 1.50 bits per heavy atom. The SMILES string of the molecule is CNC(Cc1cn2ccsc2n1)c1ccc(Cl)cc1Br. The molecule has 1 aromatic carbocycles. The summed E-state index contributed by atoms with van der Waals surface area (Å²) in [4.78, 5) is 5.67. The lowest BCUT2D eigenvalue weighted by molar-refractivity contribution is 0.584. The molecule has 1 N–H and O–H groups in total. The molecule has 0 amide bonds. The minimum absolute atomic E-state index is 0.200. The van der Waals surface area contributed by atoms with Crippen molar-refractivity contribution in [3.8, 4) is 0 Å². The maximum absolute atomic E-state index is 6.00. The molecule has 1 unspecified atom stereocenters. The summed E-state index contributed by atoms with van der Waals surface area (Å²) in [6.07, 6.45) is 4.95. The van der Waals surface area contributed by atoms with Crippen LogP contribution in [0.25, 0.3) is 4.96 Å². The number of aromatic nitrogens is 2. The zero-order valence-electron chi connectivity index (χ0n) is 10.8. The molecule has 3 nitrogen and oxygen atoms in total. The number of fused-ring (bicyclic) bond motifs is 1. The van der Waals surface area contributed by atoms with Crippen molar-refractivity contribution in [2.45, 2.75) is 12.5 Å². The number of likely N-dealkylation sites (N-methyl/N-ethyl adjacent to an activating group) is 1.